The van der Waals surface area contributed by atoms with Crippen molar-refractivity contribution in [1.29, 1.82) is 0 Å². The van der Waals surface area contributed by atoms with Gasteiger partial charge in [0, 0.05) is 5.69 Å². The monoisotopic (exact) mass is 587 g/mol. The summed E-state index contributed by atoms with van der Waals surface area (Å²) >= 11 is 15.3. The Hall–Kier alpha value is -3.66. The summed E-state index contributed by atoms with van der Waals surface area (Å²) in [5, 5.41) is 5.26. The van der Waals surface area contributed by atoms with E-state index in [-0.39, 0.29) is 33.8 Å². The van der Waals surface area contributed by atoms with Crippen molar-refractivity contribution in [2.24, 2.45) is 0 Å². The van der Waals surface area contributed by atoms with Gasteiger partial charge < -0.3 is 10.1 Å². The summed E-state index contributed by atoms with van der Waals surface area (Å²) in [6.07, 6.45) is 1.34. The van der Waals surface area contributed by atoms with Crippen LogP contribution in [0.15, 0.2) is 76.8 Å². The lowest BCUT2D eigenvalue weighted by Gasteiger charge is -2.26. The Kier molecular flexibility index (Phi) is 7.73. The number of para-hydroxylation sites is 1. The second-order valence-corrected chi connectivity index (χ2v) is 9.12. The van der Waals surface area contributed by atoms with Crippen molar-refractivity contribution in [3.63, 3.8) is 0 Å². The average Bonchev–Trinajstić information content (AvgIpc) is 2.84. The molecule has 182 valence electrons. The average molecular weight is 589 g/mol. The molecule has 0 saturated carbocycles. The summed E-state index contributed by atoms with van der Waals surface area (Å²) in [5.41, 5.74) is 1.02. The molecule has 1 aliphatic heterocycles. The third kappa shape index (κ3) is 5.76. The summed E-state index contributed by atoms with van der Waals surface area (Å²) in [6, 6.07) is 17.1. The topological polar surface area (TPSA) is 105 Å². The van der Waals surface area contributed by atoms with Gasteiger partial charge in [0.2, 0.25) is 0 Å². The Balaban J connectivity index is 1.50. The van der Waals surface area contributed by atoms with Crippen LogP contribution in [-0.2, 0) is 14.4 Å². The van der Waals surface area contributed by atoms with Crippen LogP contribution in [0.4, 0.5) is 16.2 Å². The third-order valence-electron chi connectivity index (χ3n) is 4.95. The number of amides is 5. The number of nitrogens with one attached hydrogen (secondary N) is 2. The molecule has 8 nitrogen and oxygen atoms in total. The van der Waals surface area contributed by atoms with Crippen molar-refractivity contribution in [3.05, 3.63) is 92.4 Å². The molecule has 36 heavy (non-hydrogen) atoms. The first-order valence-corrected chi connectivity index (χ1v) is 11.9. The molecule has 0 bridgehead atoms. The number of urea groups is 1. The fraction of sp³-hybridized carbons (Fsp3) is 0.0400. The third-order valence-corrected chi connectivity index (χ3v) is 6.31. The molecule has 0 radical (unpaired) electrons. The van der Waals surface area contributed by atoms with Crippen LogP contribution in [0.3, 0.4) is 0 Å². The number of carbonyl (C=O) groups is 4. The molecule has 4 rings (SSSR count). The Morgan fingerprint density at radius 3 is 2.44 bits per heavy atom. The number of benzene rings is 3. The molecule has 0 spiro atoms. The number of nitrogens with zero attached hydrogens (tertiary/aromatic N) is 1. The Labute approximate surface area is 223 Å². The van der Waals surface area contributed by atoms with Gasteiger partial charge in [0.1, 0.15) is 11.3 Å². The predicted octanol–water partition coefficient (Wildman–Crippen LogP) is 5.44. The highest BCUT2D eigenvalue weighted by molar-refractivity contribution is 9.10. The van der Waals surface area contributed by atoms with Crippen LogP contribution < -0.4 is 20.3 Å². The number of imide groups is 2. The van der Waals surface area contributed by atoms with Gasteiger partial charge in [-0.3, -0.25) is 19.7 Å². The first-order chi connectivity index (χ1) is 17.2. The number of barbiturate groups is 1. The maximum Gasteiger partial charge on any atom is 0.335 e. The van der Waals surface area contributed by atoms with E-state index in [9.17, 15) is 19.2 Å². The first-order valence-electron chi connectivity index (χ1n) is 10.4. The quantitative estimate of drug-likeness (QED) is 0.295. The van der Waals surface area contributed by atoms with Gasteiger partial charge in [-0.05, 0) is 70.0 Å². The molecule has 1 fully saturated rings. The van der Waals surface area contributed by atoms with Crippen LogP contribution in [0, 0.1) is 0 Å². The maximum absolute atomic E-state index is 13.0. The molecule has 3 aromatic rings. The van der Waals surface area contributed by atoms with Gasteiger partial charge in [0.25, 0.3) is 17.7 Å². The zero-order valence-electron chi connectivity index (χ0n) is 18.3. The number of hydrogen-bond acceptors (Lipinski definition) is 5. The van der Waals surface area contributed by atoms with Crippen molar-refractivity contribution < 1.29 is 23.9 Å². The highest BCUT2D eigenvalue weighted by Crippen LogP contribution is 2.31. The summed E-state index contributed by atoms with van der Waals surface area (Å²) in [6.45, 7) is -0.227. The molecule has 0 aromatic heterocycles. The fourth-order valence-corrected chi connectivity index (χ4v) is 4.07. The molecular formula is C25H16BrCl2N3O5. The zero-order valence-corrected chi connectivity index (χ0v) is 21.4. The number of hydrogen-bond donors (Lipinski definition) is 2. The van der Waals surface area contributed by atoms with E-state index < -0.39 is 17.8 Å². The van der Waals surface area contributed by atoms with Crippen LogP contribution in [0.25, 0.3) is 6.08 Å². The summed E-state index contributed by atoms with van der Waals surface area (Å²) < 4.78 is 6.06. The Morgan fingerprint density at radius 2 is 1.75 bits per heavy atom. The lowest BCUT2D eigenvalue weighted by atomic mass is 10.1. The van der Waals surface area contributed by atoms with Gasteiger partial charge in [-0.25, -0.2) is 9.69 Å². The number of carbonyl (C=O) groups excluding carboxylic acids is 4. The molecule has 1 heterocycles. The number of ether oxygens (including phenoxy) is 1. The lowest BCUT2D eigenvalue weighted by molar-refractivity contribution is -0.122. The number of rotatable bonds is 6. The van der Waals surface area contributed by atoms with Crippen molar-refractivity contribution in [3.8, 4) is 5.75 Å². The standard InChI is InChI=1S/C25H16BrCl2N3O5/c26-18-11-14(6-9-21(18)36-13-22(32)29-15-4-2-1-3-5-15)10-17-23(33)30-25(35)31(24(17)34)16-7-8-19(27)20(28)12-16/h1-12H,13H2,(H,29,32)(H,30,33,35)/b17-10+. The number of anilines is 2. The highest BCUT2D eigenvalue weighted by Gasteiger charge is 2.37. The molecule has 0 aliphatic carbocycles. The van der Waals surface area contributed by atoms with E-state index in [4.69, 9.17) is 27.9 Å². The van der Waals surface area contributed by atoms with Crippen LogP contribution in [0.1, 0.15) is 5.56 Å². The minimum atomic E-state index is -0.903. The molecule has 1 saturated heterocycles. The molecule has 3 aromatic carbocycles. The lowest BCUT2D eigenvalue weighted by Crippen LogP contribution is -2.54. The minimum absolute atomic E-state index is 0.147. The van der Waals surface area contributed by atoms with Gasteiger partial charge in [-0.1, -0.05) is 47.5 Å². The fourth-order valence-electron chi connectivity index (χ4n) is 3.27. The van der Waals surface area contributed by atoms with Crippen molar-refractivity contribution in [2.45, 2.75) is 0 Å². The molecule has 5 amide bonds. The van der Waals surface area contributed by atoms with Crippen LogP contribution >= 0.6 is 39.1 Å². The Morgan fingerprint density at radius 1 is 1.00 bits per heavy atom. The van der Waals surface area contributed by atoms with Crippen molar-refractivity contribution in [1.82, 2.24) is 5.32 Å². The molecule has 2 N–H and O–H groups in total. The smallest absolute Gasteiger partial charge is 0.335 e. The number of halogens is 3. The summed E-state index contributed by atoms with van der Waals surface area (Å²) in [7, 11) is 0. The van der Waals surface area contributed by atoms with E-state index in [1.807, 2.05) is 6.07 Å². The summed E-state index contributed by atoms with van der Waals surface area (Å²) in [5.74, 6) is -1.62. The van der Waals surface area contributed by atoms with E-state index in [2.05, 4.69) is 26.6 Å². The second kappa shape index (κ2) is 10.9. The van der Waals surface area contributed by atoms with E-state index in [0.717, 1.165) is 4.90 Å². The Bertz CT molecular complexity index is 1410. The van der Waals surface area contributed by atoms with E-state index in [0.29, 0.717) is 21.5 Å². The summed E-state index contributed by atoms with van der Waals surface area (Å²) in [4.78, 5) is 50.8. The molecule has 11 heteroatoms. The maximum atomic E-state index is 13.0. The van der Waals surface area contributed by atoms with Gasteiger partial charge in [-0.15, -0.1) is 0 Å². The van der Waals surface area contributed by atoms with Gasteiger partial charge >= 0.3 is 6.03 Å². The van der Waals surface area contributed by atoms with E-state index in [1.165, 1.54) is 24.3 Å². The van der Waals surface area contributed by atoms with E-state index >= 15 is 0 Å². The second-order valence-electron chi connectivity index (χ2n) is 7.45. The first kappa shape index (κ1) is 25.4. The van der Waals surface area contributed by atoms with Gasteiger partial charge in [0.05, 0.1) is 20.2 Å². The zero-order chi connectivity index (χ0) is 25.8. The molecule has 1 aliphatic rings. The van der Waals surface area contributed by atoms with Crippen LogP contribution in [0.5, 0.6) is 5.75 Å². The largest absolute Gasteiger partial charge is 0.483 e. The normalized spacial score (nSPS) is 14.6. The van der Waals surface area contributed by atoms with Crippen LogP contribution in [-0.4, -0.2) is 30.4 Å². The van der Waals surface area contributed by atoms with Crippen molar-refractivity contribution >= 4 is 80.3 Å². The van der Waals surface area contributed by atoms with Gasteiger partial charge in [0.15, 0.2) is 6.61 Å². The van der Waals surface area contributed by atoms with Crippen LogP contribution in [0.2, 0.25) is 10.0 Å². The highest BCUT2D eigenvalue weighted by atomic mass is 79.9. The van der Waals surface area contributed by atoms with Crippen molar-refractivity contribution in [2.75, 3.05) is 16.8 Å². The predicted molar refractivity (Wildman–Crippen MR) is 140 cm³/mol. The van der Waals surface area contributed by atoms with E-state index in [1.54, 1.807) is 42.5 Å². The SMILES string of the molecule is O=C(COc1ccc(/C=C2\C(=O)NC(=O)N(c3ccc(Cl)c(Cl)c3)C2=O)cc1Br)Nc1ccccc1. The molecular weight excluding hydrogens is 573 g/mol. The minimum Gasteiger partial charge on any atom is -0.483 e. The van der Waals surface area contributed by atoms with Gasteiger partial charge in [-0.2, -0.15) is 0 Å². The molecule has 0 atom stereocenters. The molecule has 0 unspecified atom stereocenters.